The van der Waals surface area contributed by atoms with Gasteiger partial charge in [0.15, 0.2) is 0 Å². The average Bonchev–Trinajstić information content (AvgIpc) is 2.25. The molecule has 0 aliphatic carbocycles. The predicted molar refractivity (Wildman–Crippen MR) is 85.4 cm³/mol. The van der Waals surface area contributed by atoms with Crippen molar-refractivity contribution in [1.29, 1.82) is 0 Å². The van der Waals surface area contributed by atoms with Crippen molar-refractivity contribution in [3.8, 4) is 0 Å². The summed E-state index contributed by atoms with van der Waals surface area (Å²) in [7, 11) is 2.67. The fraction of sp³-hybridized carbons (Fsp3) is 0. The third-order valence-corrected chi connectivity index (χ3v) is 6.09. The molecule has 0 amide bonds. The summed E-state index contributed by atoms with van der Waals surface area (Å²) in [5.41, 5.74) is 0. The lowest BCUT2D eigenvalue weighted by atomic mass is 10.1. The monoisotopic (exact) mass is 480 g/mol. The topological polar surface area (TPSA) is 68.3 Å². The maximum atomic E-state index is 11.6. The molecule has 0 aromatic heterocycles. The summed E-state index contributed by atoms with van der Waals surface area (Å²) >= 11 is 6.24. The molecule has 0 heterocycles. The van der Waals surface area contributed by atoms with Gasteiger partial charge in [0.05, 0.1) is 9.79 Å². The molecule has 2 aromatic carbocycles. The summed E-state index contributed by atoms with van der Waals surface area (Å²) in [6.45, 7) is 0. The minimum Gasteiger partial charge on any atom is -0.207 e. The van der Waals surface area contributed by atoms with Crippen LogP contribution in [-0.2, 0) is 18.1 Å². The maximum Gasteiger partial charge on any atom is 0.261 e. The van der Waals surface area contributed by atoms with Crippen molar-refractivity contribution in [3.63, 3.8) is 0 Å². The number of hydrogen-bond donors (Lipinski definition) is 0. The summed E-state index contributed by atoms with van der Waals surface area (Å²) in [6.07, 6.45) is 0. The van der Waals surface area contributed by atoms with Gasteiger partial charge in [0.25, 0.3) is 18.1 Å². The molecular formula is C10H4Br2Cl2O4S2. The molecule has 0 fully saturated rings. The van der Waals surface area contributed by atoms with E-state index in [0.717, 1.165) is 0 Å². The van der Waals surface area contributed by atoms with Gasteiger partial charge in [-0.2, -0.15) is 0 Å². The highest BCUT2D eigenvalue weighted by atomic mass is 79.9. The van der Waals surface area contributed by atoms with E-state index in [0.29, 0.717) is 8.95 Å². The Balaban J connectivity index is 3.13. The Labute approximate surface area is 141 Å². The van der Waals surface area contributed by atoms with Crippen molar-refractivity contribution in [2.45, 2.75) is 9.79 Å². The number of rotatable bonds is 2. The van der Waals surface area contributed by atoms with Gasteiger partial charge in [0.1, 0.15) is 0 Å². The van der Waals surface area contributed by atoms with Crippen molar-refractivity contribution >= 4 is 82.1 Å². The van der Waals surface area contributed by atoms with E-state index in [-0.39, 0.29) is 20.6 Å². The van der Waals surface area contributed by atoms with Gasteiger partial charge in [0.2, 0.25) is 0 Å². The molecule has 0 N–H and O–H groups in total. The van der Waals surface area contributed by atoms with Crippen LogP contribution in [0.4, 0.5) is 0 Å². The zero-order valence-electron chi connectivity index (χ0n) is 9.27. The maximum absolute atomic E-state index is 11.6. The van der Waals surface area contributed by atoms with Gasteiger partial charge in [-0.1, -0.05) is 31.9 Å². The van der Waals surface area contributed by atoms with Gasteiger partial charge in [-0.15, -0.1) is 0 Å². The van der Waals surface area contributed by atoms with Gasteiger partial charge >= 0.3 is 0 Å². The van der Waals surface area contributed by atoms with E-state index in [9.17, 15) is 16.8 Å². The zero-order chi connectivity index (χ0) is 15.3. The van der Waals surface area contributed by atoms with Crippen LogP contribution in [0.1, 0.15) is 0 Å². The number of halogens is 4. The van der Waals surface area contributed by atoms with E-state index in [2.05, 4.69) is 31.9 Å². The van der Waals surface area contributed by atoms with E-state index in [1.54, 1.807) is 0 Å². The first-order chi connectivity index (χ1) is 9.00. The highest BCUT2D eigenvalue weighted by molar-refractivity contribution is 9.10. The Morgan fingerprint density at radius 1 is 0.700 bits per heavy atom. The van der Waals surface area contributed by atoms with Crippen molar-refractivity contribution in [2.75, 3.05) is 0 Å². The minimum absolute atomic E-state index is 0.164. The second kappa shape index (κ2) is 5.40. The largest absolute Gasteiger partial charge is 0.261 e. The first-order valence-corrected chi connectivity index (χ1v) is 11.0. The Kier molecular flexibility index (Phi) is 4.46. The molecule has 0 saturated carbocycles. The molecule has 10 heteroatoms. The Morgan fingerprint density at radius 3 is 1.25 bits per heavy atom. The van der Waals surface area contributed by atoms with Gasteiger partial charge in [0, 0.05) is 41.1 Å². The summed E-state index contributed by atoms with van der Waals surface area (Å²) in [6, 6.07) is 5.51. The smallest absolute Gasteiger partial charge is 0.207 e. The van der Waals surface area contributed by atoms with E-state index in [1.165, 1.54) is 24.3 Å². The molecule has 108 valence electrons. The molecule has 2 aromatic rings. The highest BCUT2D eigenvalue weighted by Crippen LogP contribution is 2.36. The van der Waals surface area contributed by atoms with Crippen LogP contribution in [0.3, 0.4) is 0 Å². The second-order valence-electron chi connectivity index (χ2n) is 3.78. The van der Waals surface area contributed by atoms with Crippen molar-refractivity contribution in [1.82, 2.24) is 0 Å². The molecule has 20 heavy (non-hydrogen) atoms. The predicted octanol–water partition coefficient (Wildman–Crippen LogP) is 4.22. The molecule has 0 unspecified atom stereocenters. The third-order valence-electron chi connectivity index (χ3n) is 2.45. The van der Waals surface area contributed by atoms with Crippen LogP contribution in [-0.4, -0.2) is 16.8 Å². The van der Waals surface area contributed by atoms with Crippen LogP contribution in [0.15, 0.2) is 43.0 Å². The van der Waals surface area contributed by atoms with Gasteiger partial charge in [-0.3, -0.25) is 0 Å². The third kappa shape index (κ3) is 3.31. The molecule has 0 atom stereocenters. The second-order valence-corrected chi connectivity index (χ2v) is 10.7. The fourth-order valence-corrected chi connectivity index (χ4v) is 5.12. The van der Waals surface area contributed by atoms with Gasteiger partial charge in [-0.05, 0) is 24.3 Å². The van der Waals surface area contributed by atoms with E-state index >= 15 is 0 Å². The Hall–Kier alpha value is 0.140. The zero-order valence-corrected chi connectivity index (χ0v) is 15.6. The van der Waals surface area contributed by atoms with E-state index in [1.807, 2.05) is 0 Å². The summed E-state index contributed by atoms with van der Waals surface area (Å²) < 4.78 is 47.2. The molecule has 0 spiro atoms. The van der Waals surface area contributed by atoms with Crippen molar-refractivity contribution < 1.29 is 16.8 Å². The van der Waals surface area contributed by atoms with E-state index in [4.69, 9.17) is 21.4 Å². The lowest BCUT2D eigenvalue weighted by Gasteiger charge is -2.09. The van der Waals surface area contributed by atoms with Crippen LogP contribution >= 0.6 is 53.2 Å². The van der Waals surface area contributed by atoms with Crippen LogP contribution < -0.4 is 0 Å². The Morgan fingerprint density at radius 2 is 1.00 bits per heavy atom. The standard InChI is InChI=1S/C10H4Br2Cl2O4S2/c11-5-1-7-8(10(3-5)20(14,17)18)2-6(12)4-9(7)19(13,15)16/h1-4H. The molecule has 0 saturated heterocycles. The average molecular weight is 483 g/mol. The van der Waals surface area contributed by atoms with Crippen LogP contribution in [0.25, 0.3) is 10.8 Å². The number of fused-ring (bicyclic) bond motifs is 1. The lowest BCUT2D eigenvalue weighted by molar-refractivity contribution is 0.608. The van der Waals surface area contributed by atoms with Gasteiger partial charge < -0.3 is 0 Å². The van der Waals surface area contributed by atoms with Crippen molar-refractivity contribution in [2.24, 2.45) is 0 Å². The van der Waals surface area contributed by atoms with Gasteiger partial charge in [-0.25, -0.2) is 16.8 Å². The number of benzene rings is 2. The molecule has 2 rings (SSSR count). The first-order valence-electron chi connectivity index (χ1n) is 4.82. The quantitative estimate of drug-likeness (QED) is 0.601. The number of hydrogen-bond acceptors (Lipinski definition) is 4. The molecule has 0 aliphatic rings. The normalized spacial score (nSPS) is 12.8. The van der Waals surface area contributed by atoms with Crippen LogP contribution in [0.2, 0.25) is 0 Å². The first kappa shape index (κ1) is 16.5. The highest BCUT2D eigenvalue weighted by Gasteiger charge is 2.21. The molecule has 0 aliphatic heterocycles. The SMILES string of the molecule is O=S(=O)(Cl)c1cc(Br)cc2c(S(=O)(=O)Cl)cc(Br)cc12. The summed E-state index contributed by atoms with van der Waals surface area (Å²) in [5.74, 6) is 0. The molecule has 0 bridgehead atoms. The Bertz CT molecular complexity index is 847. The molecule has 4 nitrogen and oxygen atoms in total. The fourth-order valence-electron chi connectivity index (χ4n) is 1.73. The summed E-state index contributed by atoms with van der Waals surface area (Å²) in [4.78, 5) is -0.405. The molecule has 0 radical (unpaired) electrons. The lowest BCUT2D eigenvalue weighted by Crippen LogP contribution is -1.97. The van der Waals surface area contributed by atoms with Crippen molar-refractivity contribution in [3.05, 3.63) is 33.2 Å². The van der Waals surface area contributed by atoms with Crippen LogP contribution in [0.5, 0.6) is 0 Å². The molecular weight excluding hydrogens is 479 g/mol. The van der Waals surface area contributed by atoms with Crippen LogP contribution in [0, 0.1) is 0 Å². The minimum atomic E-state index is -4.05. The van der Waals surface area contributed by atoms with E-state index < -0.39 is 18.1 Å². The summed E-state index contributed by atoms with van der Waals surface area (Å²) in [5, 5.41) is 0.327.